The van der Waals surface area contributed by atoms with Crippen molar-refractivity contribution in [3.8, 4) is 0 Å². The first-order valence-corrected chi connectivity index (χ1v) is 11.8. The third-order valence-electron chi connectivity index (χ3n) is 3.97. The third kappa shape index (κ3) is 4.35. The van der Waals surface area contributed by atoms with Crippen LogP contribution in [0.3, 0.4) is 0 Å². The van der Waals surface area contributed by atoms with Crippen molar-refractivity contribution in [3.63, 3.8) is 0 Å². The van der Waals surface area contributed by atoms with Gasteiger partial charge in [0, 0.05) is 35.1 Å². The molecule has 0 bridgehead atoms. The molecule has 130 valence electrons. The number of nitrogens with zero attached hydrogens (tertiary/aromatic N) is 2. The fourth-order valence-corrected chi connectivity index (χ4v) is 6.47. The second-order valence-corrected chi connectivity index (χ2v) is 11.2. The quantitative estimate of drug-likeness (QED) is 0.650. The molecular formula is C13H18Br2N2O4S2. The molecule has 2 rings (SSSR count). The van der Waals surface area contributed by atoms with Gasteiger partial charge in [-0.15, -0.1) is 0 Å². The number of halogens is 2. The first kappa shape index (κ1) is 19.3. The SMILES string of the molecule is CN(C1CCN(S(=O)(=O)c2ccc(Br)cc2Br)CC1)S(C)(=O)=O. The van der Waals surface area contributed by atoms with Crippen LogP contribution in [0.4, 0.5) is 0 Å². The van der Waals surface area contributed by atoms with Crippen LogP contribution in [-0.4, -0.2) is 57.9 Å². The standard InChI is InChI=1S/C13H18Br2N2O4S2/c1-16(22(2,18)19)11-5-7-17(8-6-11)23(20,21)13-4-3-10(14)9-12(13)15/h3-4,9,11H,5-8H2,1-2H3. The van der Waals surface area contributed by atoms with E-state index < -0.39 is 20.0 Å². The van der Waals surface area contributed by atoms with Crippen molar-refractivity contribution in [1.82, 2.24) is 8.61 Å². The normalized spacial score (nSPS) is 18.5. The topological polar surface area (TPSA) is 74.8 Å². The maximum atomic E-state index is 12.7. The lowest BCUT2D eigenvalue weighted by Crippen LogP contribution is -2.46. The van der Waals surface area contributed by atoms with Crippen LogP contribution in [0.15, 0.2) is 32.0 Å². The smallest absolute Gasteiger partial charge is 0.213 e. The zero-order valence-corrected chi connectivity index (χ0v) is 17.5. The number of sulfonamides is 2. The van der Waals surface area contributed by atoms with Crippen molar-refractivity contribution >= 4 is 51.9 Å². The van der Waals surface area contributed by atoms with Gasteiger partial charge in [0.1, 0.15) is 0 Å². The molecule has 1 saturated heterocycles. The zero-order valence-electron chi connectivity index (χ0n) is 12.7. The minimum absolute atomic E-state index is 0.162. The van der Waals surface area contributed by atoms with Gasteiger partial charge >= 0.3 is 0 Å². The lowest BCUT2D eigenvalue weighted by atomic mass is 10.1. The van der Waals surface area contributed by atoms with E-state index in [4.69, 9.17) is 0 Å². The van der Waals surface area contributed by atoms with Gasteiger partial charge in [-0.25, -0.2) is 21.1 Å². The van der Waals surface area contributed by atoms with E-state index in [1.165, 1.54) is 15.7 Å². The Hall–Kier alpha value is -0.000000000000000111. The molecule has 0 N–H and O–H groups in total. The molecule has 1 heterocycles. The number of hydrogen-bond acceptors (Lipinski definition) is 4. The Morgan fingerprint density at radius 2 is 1.70 bits per heavy atom. The summed E-state index contributed by atoms with van der Waals surface area (Å²) in [4.78, 5) is 0.218. The average Bonchev–Trinajstić information content (AvgIpc) is 2.45. The largest absolute Gasteiger partial charge is 0.244 e. The van der Waals surface area contributed by atoms with Gasteiger partial charge in [0.15, 0.2) is 0 Å². The number of benzene rings is 1. The van der Waals surface area contributed by atoms with Crippen molar-refractivity contribution in [2.75, 3.05) is 26.4 Å². The Kier molecular flexibility index (Phi) is 5.95. The van der Waals surface area contributed by atoms with Crippen molar-refractivity contribution in [2.45, 2.75) is 23.8 Å². The van der Waals surface area contributed by atoms with Crippen molar-refractivity contribution in [2.24, 2.45) is 0 Å². The summed E-state index contributed by atoms with van der Waals surface area (Å²) in [7, 11) is -5.33. The summed E-state index contributed by atoms with van der Waals surface area (Å²) in [5.74, 6) is 0. The Morgan fingerprint density at radius 1 is 1.13 bits per heavy atom. The molecule has 10 heteroatoms. The molecule has 0 unspecified atom stereocenters. The van der Waals surface area contributed by atoms with E-state index in [-0.39, 0.29) is 10.9 Å². The van der Waals surface area contributed by atoms with E-state index in [2.05, 4.69) is 31.9 Å². The molecule has 0 aliphatic carbocycles. The molecule has 0 atom stereocenters. The maximum absolute atomic E-state index is 12.7. The monoisotopic (exact) mass is 488 g/mol. The zero-order chi connectivity index (χ0) is 17.4. The fourth-order valence-electron chi connectivity index (χ4n) is 2.54. The maximum Gasteiger partial charge on any atom is 0.244 e. The summed E-state index contributed by atoms with van der Waals surface area (Å²) in [6.07, 6.45) is 2.13. The Bertz CT molecular complexity index is 788. The molecule has 1 aliphatic heterocycles. The summed E-state index contributed by atoms with van der Waals surface area (Å²) in [5.41, 5.74) is 0. The Morgan fingerprint density at radius 3 is 2.17 bits per heavy atom. The van der Waals surface area contributed by atoms with Gasteiger partial charge in [-0.05, 0) is 47.0 Å². The molecular weight excluding hydrogens is 472 g/mol. The van der Waals surface area contributed by atoms with Crippen LogP contribution in [0.1, 0.15) is 12.8 Å². The fraction of sp³-hybridized carbons (Fsp3) is 0.538. The summed E-state index contributed by atoms with van der Waals surface area (Å²) in [5, 5.41) is 0. The minimum atomic E-state index is -3.60. The van der Waals surface area contributed by atoms with E-state index in [0.717, 1.165) is 10.7 Å². The van der Waals surface area contributed by atoms with Gasteiger partial charge in [-0.1, -0.05) is 15.9 Å². The molecule has 1 aromatic carbocycles. The van der Waals surface area contributed by atoms with Gasteiger partial charge in [-0.3, -0.25) is 0 Å². The van der Waals surface area contributed by atoms with Gasteiger partial charge in [0.25, 0.3) is 0 Å². The predicted octanol–water partition coefficient (Wildman–Crippen LogP) is 2.26. The van der Waals surface area contributed by atoms with Gasteiger partial charge in [-0.2, -0.15) is 4.31 Å². The van der Waals surface area contributed by atoms with E-state index in [1.807, 2.05) is 0 Å². The second kappa shape index (κ2) is 7.09. The van der Waals surface area contributed by atoms with Crippen molar-refractivity contribution in [1.29, 1.82) is 0 Å². The minimum Gasteiger partial charge on any atom is -0.213 e. The molecule has 0 amide bonds. The summed E-state index contributed by atoms with van der Waals surface area (Å²) < 4.78 is 52.7. The van der Waals surface area contributed by atoms with E-state index in [9.17, 15) is 16.8 Å². The molecule has 0 saturated carbocycles. The molecule has 0 spiro atoms. The third-order valence-corrected chi connectivity index (χ3v) is 8.69. The highest BCUT2D eigenvalue weighted by Gasteiger charge is 2.33. The van der Waals surface area contributed by atoms with Gasteiger partial charge in [0.05, 0.1) is 11.2 Å². The predicted molar refractivity (Wildman–Crippen MR) is 96.2 cm³/mol. The lowest BCUT2D eigenvalue weighted by molar-refractivity contribution is 0.239. The second-order valence-electron chi connectivity index (χ2n) is 5.49. The molecule has 0 aromatic heterocycles. The van der Waals surface area contributed by atoms with Crippen LogP contribution in [0, 0.1) is 0 Å². The summed E-state index contributed by atoms with van der Waals surface area (Å²) >= 11 is 6.59. The van der Waals surface area contributed by atoms with Crippen LogP contribution < -0.4 is 0 Å². The highest BCUT2D eigenvalue weighted by atomic mass is 79.9. The molecule has 23 heavy (non-hydrogen) atoms. The molecule has 6 nitrogen and oxygen atoms in total. The Balaban J connectivity index is 2.16. The van der Waals surface area contributed by atoms with Crippen LogP contribution in [0.25, 0.3) is 0 Å². The molecule has 0 radical (unpaired) electrons. The van der Waals surface area contributed by atoms with Crippen molar-refractivity contribution < 1.29 is 16.8 Å². The van der Waals surface area contributed by atoms with Crippen LogP contribution >= 0.6 is 31.9 Å². The van der Waals surface area contributed by atoms with Crippen molar-refractivity contribution in [3.05, 3.63) is 27.1 Å². The number of rotatable bonds is 4. The molecule has 1 fully saturated rings. The lowest BCUT2D eigenvalue weighted by Gasteiger charge is -2.35. The first-order valence-electron chi connectivity index (χ1n) is 6.91. The highest BCUT2D eigenvalue weighted by molar-refractivity contribution is 9.11. The summed E-state index contributed by atoms with van der Waals surface area (Å²) in [6, 6.07) is 4.77. The average molecular weight is 490 g/mol. The summed E-state index contributed by atoms with van der Waals surface area (Å²) in [6.45, 7) is 0.602. The van der Waals surface area contributed by atoms with E-state index >= 15 is 0 Å². The van der Waals surface area contributed by atoms with Crippen LogP contribution in [0.5, 0.6) is 0 Å². The Labute approximate surface area is 154 Å². The van der Waals surface area contributed by atoms with E-state index in [1.54, 1.807) is 18.2 Å². The molecule has 1 aromatic rings. The highest BCUT2D eigenvalue weighted by Crippen LogP contribution is 2.30. The van der Waals surface area contributed by atoms with E-state index in [0.29, 0.717) is 30.4 Å². The number of hydrogen-bond donors (Lipinski definition) is 0. The number of piperidine rings is 1. The van der Waals surface area contributed by atoms with Gasteiger partial charge in [0.2, 0.25) is 20.0 Å². The van der Waals surface area contributed by atoms with Crippen LogP contribution in [0.2, 0.25) is 0 Å². The van der Waals surface area contributed by atoms with Crippen LogP contribution in [-0.2, 0) is 20.0 Å². The molecule has 1 aliphatic rings. The van der Waals surface area contributed by atoms with Gasteiger partial charge < -0.3 is 0 Å². The first-order chi connectivity index (χ1) is 10.5.